The van der Waals surface area contributed by atoms with Gasteiger partial charge in [-0.15, -0.1) is 0 Å². The van der Waals surface area contributed by atoms with Gasteiger partial charge in [0.15, 0.2) is 0 Å². The summed E-state index contributed by atoms with van der Waals surface area (Å²) in [7, 11) is 1.65. The van der Waals surface area contributed by atoms with E-state index in [9.17, 15) is 4.79 Å². The quantitative estimate of drug-likeness (QED) is 0.737. The predicted molar refractivity (Wildman–Crippen MR) is 108 cm³/mol. The Labute approximate surface area is 159 Å². The third kappa shape index (κ3) is 3.72. The van der Waals surface area contributed by atoms with Crippen LogP contribution in [0, 0.1) is 0 Å². The normalized spacial score (nSPS) is 14.2. The SMILES string of the molecule is COc1ccc2nc(C(=O)N3CCCCC3)cc(Nc3ccccc3)c2c1. The van der Waals surface area contributed by atoms with Crippen molar-refractivity contribution >= 4 is 28.2 Å². The van der Waals surface area contributed by atoms with Crippen LogP contribution in [0.2, 0.25) is 0 Å². The zero-order chi connectivity index (χ0) is 18.6. The minimum Gasteiger partial charge on any atom is -0.497 e. The third-order valence-electron chi connectivity index (χ3n) is 4.93. The second-order valence-corrected chi connectivity index (χ2v) is 6.78. The number of likely N-dealkylation sites (tertiary alicyclic amines) is 1. The summed E-state index contributed by atoms with van der Waals surface area (Å²) in [5.74, 6) is 0.763. The van der Waals surface area contributed by atoms with E-state index >= 15 is 0 Å². The van der Waals surface area contributed by atoms with Gasteiger partial charge in [-0.1, -0.05) is 18.2 Å². The van der Waals surface area contributed by atoms with Crippen LogP contribution in [0.3, 0.4) is 0 Å². The van der Waals surface area contributed by atoms with Crippen LogP contribution in [0.1, 0.15) is 29.8 Å². The fourth-order valence-corrected chi connectivity index (χ4v) is 3.48. The average Bonchev–Trinajstić information content (AvgIpc) is 2.74. The lowest BCUT2D eigenvalue weighted by molar-refractivity contribution is 0.0719. The molecule has 1 fully saturated rings. The van der Waals surface area contributed by atoms with E-state index in [4.69, 9.17) is 4.74 Å². The van der Waals surface area contributed by atoms with Gasteiger partial charge in [-0.3, -0.25) is 4.79 Å². The highest BCUT2D eigenvalue weighted by Gasteiger charge is 2.21. The van der Waals surface area contributed by atoms with Crippen molar-refractivity contribution in [3.05, 3.63) is 60.3 Å². The summed E-state index contributed by atoms with van der Waals surface area (Å²) in [6.07, 6.45) is 3.31. The van der Waals surface area contributed by atoms with Gasteiger partial charge in [-0.05, 0) is 55.7 Å². The number of aromatic nitrogens is 1. The lowest BCUT2D eigenvalue weighted by Crippen LogP contribution is -2.36. The van der Waals surface area contributed by atoms with E-state index in [1.807, 2.05) is 59.5 Å². The number of piperidine rings is 1. The molecule has 3 aromatic rings. The number of carbonyl (C=O) groups excluding carboxylic acids is 1. The number of benzene rings is 2. The number of hydrogen-bond donors (Lipinski definition) is 1. The number of fused-ring (bicyclic) bond motifs is 1. The molecule has 1 amide bonds. The van der Waals surface area contributed by atoms with Crippen LogP contribution in [0.25, 0.3) is 10.9 Å². The average molecular weight is 361 g/mol. The molecule has 5 heteroatoms. The summed E-state index contributed by atoms with van der Waals surface area (Å²) < 4.78 is 5.37. The van der Waals surface area contributed by atoms with Crippen LogP contribution < -0.4 is 10.1 Å². The number of amides is 1. The Balaban J connectivity index is 1.77. The smallest absolute Gasteiger partial charge is 0.272 e. The van der Waals surface area contributed by atoms with Crippen molar-refractivity contribution in [2.24, 2.45) is 0 Å². The predicted octanol–water partition coefficient (Wildman–Crippen LogP) is 4.61. The van der Waals surface area contributed by atoms with Crippen LogP contribution in [-0.4, -0.2) is 36.0 Å². The number of carbonyl (C=O) groups is 1. The van der Waals surface area contributed by atoms with Crippen molar-refractivity contribution in [3.8, 4) is 5.75 Å². The number of anilines is 2. The molecule has 0 saturated carbocycles. The first kappa shape index (κ1) is 17.3. The molecule has 1 aliphatic rings. The largest absolute Gasteiger partial charge is 0.497 e. The first-order chi connectivity index (χ1) is 13.2. The molecule has 0 atom stereocenters. The topological polar surface area (TPSA) is 54.5 Å². The Hall–Kier alpha value is -3.08. The first-order valence-corrected chi connectivity index (χ1v) is 9.35. The van der Waals surface area contributed by atoms with Crippen LogP contribution in [0.15, 0.2) is 54.6 Å². The fourth-order valence-electron chi connectivity index (χ4n) is 3.48. The Morgan fingerprint density at radius 1 is 1.04 bits per heavy atom. The number of hydrogen-bond acceptors (Lipinski definition) is 4. The van der Waals surface area contributed by atoms with Crippen molar-refractivity contribution in [2.45, 2.75) is 19.3 Å². The number of pyridine rings is 1. The minimum atomic E-state index is 0.00327. The highest BCUT2D eigenvalue weighted by molar-refractivity contribution is 6.01. The van der Waals surface area contributed by atoms with Crippen molar-refractivity contribution in [2.75, 3.05) is 25.5 Å². The van der Waals surface area contributed by atoms with Crippen LogP contribution in [0.4, 0.5) is 11.4 Å². The minimum absolute atomic E-state index is 0.00327. The number of rotatable bonds is 4. The Kier molecular flexibility index (Phi) is 4.92. The first-order valence-electron chi connectivity index (χ1n) is 9.35. The summed E-state index contributed by atoms with van der Waals surface area (Å²) in [4.78, 5) is 19.5. The number of nitrogens with zero attached hydrogens (tertiary/aromatic N) is 2. The standard InChI is InChI=1S/C22H23N3O2/c1-27-17-10-11-19-18(14-17)20(23-16-8-4-2-5-9-16)15-21(24-19)22(26)25-12-6-3-7-13-25/h2,4-5,8-11,14-15H,3,6-7,12-13H2,1H3,(H,23,24). The van der Waals surface area contributed by atoms with Gasteiger partial charge >= 0.3 is 0 Å². The molecular formula is C22H23N3O2. The van der Waals surface area contributed by atoms with E-state index in [-0.39, 0.29) is 5.91 Å². The van der Waals surface area contributed by atoms with E-state index in [0.29, 0.717) is 5.69 Å². The number of ether oxygens (including phenoxy) is 1. The molecule has 0 bridgehead atoms. The molecule has 4 rings (SSSR count). The molecule has 0 unspecified atom stereocenters. The third-order valence-corrected chi connectivity index (χ3v) is 4.93. The molecule has 1 saturated heterocycles. The Bertz CT molecular complexity index is 950. The second-order valence-electron chi connectivity index (χ2n) is 6.78. The molecule has 138 valence electrons. The summed E-state index contributed by atoms with van der Waals surface area (Å²) in [5.41, 5.74) is 3.07. The lowest BCUT2D eigenvalue weighted by Gasteiger charge is -2.26. The molecule has 0 spiro atoms. The molecule has 0 aliphatic carbocycles. The highest BCUT2D eigenvalue weighted by atomic mass is 16.5. The van der Waals surface area contributed by atoms with E-state index in [1.165, 1.54) is 6.42 Å². The van der Waals surface area contributed by atoms with Gasteiger partial charge in [0.1, 0.15) is 11.4 Å². The van der Waals surface area contributed by atoms with Crippen molar-refractivity contribution in [1.82, 2.24) is 9.88 Å². The van der Waals surface area contributed by atoms with Gasteiger partial charge in [0.2, 0.25) is 0 Å². The van der Waals surface area contributed by atoms with Gasteiger partial charge in [0, 0.05) is 24.2 Å². The molecule has 2 aromatic carbocycles. The fraction of sp³-hybridized carbons (Fsp3) is 0.273. The zero-order valence-corrected chi connectivity index (χ0v) is 15.4. The van der Waals surface area contributed by atoms with Crippen molar-refractivity contribution < 1.29 is 9.53 Å². The Morgan fingerprint density at radius 3 is 2.56 bits per heavy atom. The maximum absolute atomic E-state index is 13.0. The molecule has 27 heavy (non-hydrogen) atoms. The number of methoxy groups -OCH3 is 1. The summed E-state index contributed by atoms with van der Waals surface area (Å²) >= 11 is 0. The molecule has 1 N–H and O–H groups in total. The lowest BCUT2D eigenvalue weighted by atomic mass is 10.1. The van der Waals surface area contributed by atoms with Gasteiger partial charge < -0.3 is 15.0 Å². The van der Waals surface area contributed by atoms with Gasteiger partial charge in [-0.25, -0.2) is 4.98 Å². The summed E-state index contributed by atoms with van der Waals surface area (Å²) in [6.45, 7) is 1.62. The molecule has 1 aliphatic heterocycles. The van der Waals surface area contributed by atoms with Crippen LogP contribution in [0.5, 0.6) is 5.75 Å². The van der Waals surface area contributed by atoms with Crippen molar-refractivity contribution in [1.29, 1.82) is 0 Å². The van der Waals surface area contributed by atoms with E-state index < -0.39 is 0 Å². The van der Waals surface area contributed by atoms with E-state index in [0.717, 1.165) is 54.0 Å². The van der Waals surface area contributed by atoms with Crippen molar-refractivity contribution in [3.63, 3.8) is 0 Å². The summed E-state index contributed by atoms with van der Waals surface area (Å²) in [6, 6.07) is 17.5. The summed E-state index contributed by atoms with van der Waals surface area (Å²) in [5, 5.41) is 4.35. The van der Waals surface area contributed by atoms with E-state index in [2.05, 4.69) is 10.3 Å². The molecule has 5 nitrogen and oxygen atoms in total. The Morgan fingerprint density at radius 2 is 1.81 bits per heavy atom. The number of nitrogens with one attached hydrogen (secondary N) is 1. The van der Waals surface area contributed by atoms with Crippen LogP contribution in [-0.2, 0) is 0 Å². The molecular weight excluding hydrogens is 338 g/mol. The molecule has 1 aromatic heterocycles. The maximum Gasteiger partial charge on any atom is 0.272 e. The monoisotopic (exact) mass is 361 g/mol. The van der Waals surface area contributed by atoms with Crippen LogP contribution >= 0.6 is 0 Å². The second kappa shape index (κ2) is 7.66. The maximum atomic E-state index is 13.0. The van der Waals surface area contributed by atoms with E-state index in [1.54, 1.807) is 7.11 Å². The highest BCUT2D eigenvalue weighted by Crippen LogP contribution is 2.30. The molecule has 2 heterocycles. The molecule has 0 radical (unpaired) electrons. The zero-order valence-electron chi connectivity index (χ0n) is 15.4. The van der Waals surface area contributed by atoms with Gasteiger partial charge in [-0.2, -0.15) is 0 Å². The van der Waals surface area contributed by atoms with Gasteiger partial charge in [0.05, 0.1) is 18.3 Å². The number of para-hydroxylation sites is 1. The van der Waals surface area contributed by atoms with Gasteiger partial charge in [0.25, 0.3) is 5.91 Å².